The quantitative estimate of drug-likeness (QED) is 0.800. The number of aromatic nitrogens is 1. The van der Waals surface area contributed by atoms with Crippen LogP contribution in [-0.2, 0) is 13.1 Å². The summed E-state index contributed by atoms with van der Waals surface area (Å²) in [6.07, 6.45) is 1.42. The molecule has 3 rings (SSSR count). The molecule has 1 aliphatic heterocycles. The molecule has 5 heteroatoms. The summed E-state index contributed by atoms with van der Waals surface area (Å²) in [5.74, 6) is 0.523. The molecule has 1 aromatic rings. The lowest BCUT2D eigenvalue weighted by atomic mass is 10.2. The van der Waals surface area contributed by atoms with Crippen LogP contribution in [0.25, 0.3) is 0 Å². The third-order valence-electron chi connectivity index (χ3n) is 3.53. The van der Waals surface area contributed by atoms with Gasteiger partial charge in [0.1, 0.15) is 6.07 Å². The van der Waals surface area contributed by atoms with Crippen LogP contribution in [0.4, 0.5) is 4.79 Å². The van der Waals surface area contributed by atoms with Crippen LogP contribution in [0.15, 0.2) is 6.07 Å². The van der Waals surface area contributed by atoms with Crippen LogP contribution in [0.2, 0.25) is 0 Å². The zero-order valence-electron chi connectivity index (χ0n) is 9.39. The zero-order chi connectivity index (χ0) is 12.0. The fraction of sp³-hybridized carbons (Fsp3) is 0.500. The summed E-state index contributed by atoms with van der Waals surface area (Å²) in [6.45, 7) is 1.59. The van der Waals surface area contributed by atoms with E-state index in [2.05, 4.69) is 10.6 Å². The molecule has 0 atom stereocenters. The molecule has 0 saturated heterocycles. The van der Waals surface area contributed by atoms with Crippen molar-refractivity contribution in [1.29, 1.82) is 5.26 Å². The second-order valence-electron chi connectivity index (χ2n) is 4.68. The number of nitrogens with zero attached hydrogens (tertiary/aromatic N) is 3. The monoisotopic (exact) mass is 231 g/mol. The Morgan fingerprint density at radius 2 is 2.24 bits per heavy atom. The van der Waals surface area contributed by atoms with E-state index < -0.39 is 6.09 Å². The van der Waals surface area contributed by atoms with Crippen molar-refractivity contribution >= 4 is 6.09 Å². The number of carboxylic acid groups (broad SMARTS) is 1. The van der Waals surface area contributed by atoms with Crippen molar-refractivity contribution in [2.75, 3.05) is 6.54 Å². The minimum atomic E-state index is -0.885. The molecule has 1 aliphatic carbocycles. The first-order chi connectivity index (χ1) is 8.20. The first kappa shape index (κ1) is 10.2. The molecule has 0 radical (unpaired) electrons. The third kappa shape index (κ3) is 1.57. The molecule has 0 aromatic carbocycles. The summed E-state index contributed by atoms with van der Waals surface area (Å²) >= 11 is 0. The number of nitriles is 1. The van der Waals surface area contributed by atoms with E-state index in [9.17, 15) is 4.79 Å². The highest BCUT2D eigenvalue weighted by atomic mass is 16.4. The number of carbonyl (C=O) groups is 1. The van der Waals surface area contributed by atoms with Gasteiger partial charge in [-0.1, -0.05) is 0 Å². The summed E-state index contributed by atoms with van der Waals surface area (Å²) in [5.41, 5.74) is 2.82. The third-order valence-corrected chi connectivity index (χ3v) is 3.53. The highest BCUT2D eigenvalue weighted by Gasteiger charge is 2.33. The van der Waals surface area contributed by atoms with Gasteiger partial charge in [-0.25, -0.2) is 4.79 Å². The van der Waals surface area contributed by atoms with Gasteiger partial charge in [0, 0.05) is 30.4 Å². The lowest BCUT2D eigenvalue weighted by Crippen LogP contribution is -2.37. The highest BCUT2D eigenvalue weighted by molar-refractivity contribution is 5.65. The Labute approximate surface area is 98.9 Å². The van der Waals surface area contributed by atoms with Gasteiger partial charge in [0.15, 0.2) is 0 Å². The van der Waals surface area contributed by atoms with Crippen LogP contribution in [0.5, 0.6) is 0 Å². The molecule has 0 bridgehead atoms. The summed E-state index contributed by atoms with van der Waals surface area (Å²) in [5, 5.41) is 18.1. The van der Waals surface area contributed by atoms with Crippen LogP contribution in [0, 0.1) is 11.3 Å². The van der Waals surface area contributed by atoms with Gasteiger partial charge in [0.2, 0.25) is 0 Å². The molecule has 0 spiro atoms. The van der Waals surface area contributed by atoms with Crippen molar-refractivity contribution in [2.45, 2.75) is 31.8 Å². The lowest BCUT2D eigenvalue weighted by Gasteiger charge is -2.27. The Balaban J connectivity index is 1.99. The van der Waals surface area contributed by atoms with Gasteiger partial charge in [0.05, 0.1) is 12.1 Å². The molecule has 1 saturated carbocycles. The fourth-order valence-electron chi connectivity index (χ4n) is 2.56. The molecule has 0 unspecified atom stereocenters. The Morgan fingerprint density at radius 1 is 1.47 bits per heavy atom. The Hall–Kier alpha value is -1.96. The topological polar surface area (TPSA) is 69.3 Å². The maximum atomic E-state index is 10.9. The van der Waals surface area contributed by atoms with Crippen LogP contribution < -0.4 is 0 Å². The average Bonchev–Trinajstić information content (AvgIpc) is 3.08. The molecule has 2 aliphatic rings. The molecule has 2 heterocycles. The first-order valence-corrected chi connectivity index (χ1v) is 5.81. The van der Waals surface area contributed by atoms with Gasteiger partial charge in [-0.15, -0.1) is 0 Å². The number of hydrogen-bond donors (Lipinski definition) is 1. The largest absolute Gasteiger partial charge is 0.465 e. The molecule has 1 amide bonds. The van der Waals surface area contributed by atoms with Crippen molar-refractivity contribution in [3.8, 4) is 6.07 Å². The second-order valence-corrected chi connectivity index (χ2v) is 4.68. The smallest absolute Gasteiger partial charge is 0.407 e. The SMILES string of the molecule is N#Cc1cc2n(c1C1CC1)CCN(C(=O)O)C2. The number of rotatable bonds is 1. The van der Waals surface area contributed by atoms with Gasteiger partial charge < -0.3 is 14.6 Å². The van der Waals surface area contributed by atoms with E-state index in [0.29, 0.717) is 25.6 Å². The molecule has 1 fully saturated rings. The minimum Gasteiger partial charge on any atom is -0.465 e. The number of hydrogen-bond acceptors (Lipinski definition) is 2. The normalized spacial score (nSPS) is 18.6. The van der Waals surface area contributed by atoms with Crippen LogP contribution in [-0.4, -0.2) is 27.2 Å². The molecular formula is C12H13N3O2. The molecule has 17 heavy (non-hydrogen) atoms. The summed E-state index contributed by atoms with van der Waals surface area (Å²) < 4.78 is 2.15. The standard InChI is InChI=1S/C12H13N3O2/c13-6-9-5-10-7-14(12(16)17)3-4-15(10)11(9)8-1-2-8/h5,8H,1-4,7H2,(H,16,17). The predicted octanol–water partition coefficient (Wildman–Crippen LogP) is 1.73. The molecule has 1 N–H and O–H groups in total. The van der Waals surface area contributed by atoms with E-state index in [1.807, 2.05) is 6.07 Å². The van der Waals surface area contributed by atoms with E-state index >= 15 is 0 Å². The highest BCUT2D eigenvalue weighted by Crippen LogP contribution is 2.43. The average molecular weight is 231 g/mol. The Bertz CT molecular complexity index is 523. The lowest BCUT2D eigenvalue weighted by molar-refractivity contribution is 0.132. The van der Waals surface area contributed by atoms with Gasteiger partial charge in [-0.3, -0.25) is 0 Å². The van der Waals surface area contributed by atoms with Gasteiger partial charge in [-0.05, 0) is 18.9 Å². The predicted molar refractivity (Wildman–Crippen MR) is 59.6 cm³/mol. The summed E-state index contributed by atoms with van der Waals surface area (Å²) in [7, 11) is 0. The number of fused-ring (bicyclic) bond motifs is 1. The van der Waals surface area contributed by atoms with E-state index in [-0.39, 0.29) is 0 Å². The van der Waals surface area contributed by atoms with Crippen molar-refractivity contribution in [3.05, 3.63) is 23.0 Å². The molecule has 88 valence electrons. The maximum absolute atomic E-state index is 10.9. The minimum absolute atomic E-state index is 0.400. The van der Waals surface area contributed by atoms with Gasteiger partial charge >= 0.3 is 6.09 Å². The number of amides is 1. The van der Waals surface area contributed by atoms with E-state index in [4.69, 9.17) is 10.4 Å². The van der Waals surface area contributed by atoms with Crippen LogP contribution >= 0.6 is 0 Å². The van der Waals surface area contributed by atoms with E-state index in [1.165, 1.54) is 4.90 Å². The second kappa shape index (κ2) is 3.52. The first-order valence-electron chi connectivity index (χ1n) is 5.81. The van der Waals surface area contributed by atoms with Gasteiger partial charge in [-0.2, -0.15) is 5.26 Å². The van der Waals surface area contributed by atoms with Gasteiger partial charge in [0.25, 0.3) is 0 Å². The Morgan fingerprint density at radius 3 is 2.82 bits per heavy atom. The molecule has 1 aromatic heterocycles. The Kier molecular flexibility index (Phi) is 2.11. The van der Waals surface area contributed by atoms with E-state index in [1.54, 1.807) is 0 Å². The zero-order valence-corrected chi connectivity index (χ0v) is 9.39. The van der Waals surface area contributed by atoms with Crippen LogP contribution in [0.1, 0.15) is 35.7 Å². The summed E-state index contributed by atoms with van der Waals surface area (Å²) in [6, 6.07) is 4.08. The van der Waals surface area contributed by atoms with Crippen molar-refractivity contribution in [2.24, 2.45) is 0 Å². The fourth-order valence-corrected chi connectivity index (χ4v) is 2.56. The molecule has 5 nitrogen and oxygen atoms in total. The van der Waals surface area contributed by atoms with E-state index in [0.717, 1.165) is 29.8 Å². The van der Waals surface area contributed by atoms with Crippen LogP contribution in [0.3, 0.4) is 0 Å². The van der Waals surface area contributed by atoms with Crippen molar-refractivity contribution in [1.82, 2.24) is 9.47 Å². The maximum Gasteiger partial charge on any atom is 0.407 e. The summed E-state index contributed by atoms with van der Waals surface area (Å²) in [4.78, 5) is 12.3. The molecular weight excluding hydrogens is 218 g/mol. The van der Waals surface area contributed by atoms with Crippen molar-refractivity contribution in [3.63, 3.8) is 0 Å². The van der Waals surface area contributed by atoms with Crippen molar-refractivity contribution < 1.29 is 9.90 Å².